The number of ether oxygens (including phenoxy) is 1. The quantitative estimate of drug-likeness (QED) is 0.386. The molecule has 3 rings (SSSR count). The predicted molar refractivity (Wildman–Crippen MR) is 86.4 cm³/mol. The normalized spacial score (nSPS) is 27.8. The molecule has 1 aromatic carbocycles. The molecule has 1 heterocycles. The Balaban J connectivity index is 1.59. The van der Waals surface area contributed by atoms with Crippen molar-refractivity contribution < 1.29 is 22.3 Å². The summed E-state index contributed by atoms with van der Waals surface area (Å²) < 4.78 is 42.5. The highest BCUT2D eigenvalue weighted by Crippen LogP contribution is 2.43. The number of alkyl halides is 2. The minimum Gasteiger partial charge on any atom is -0.328 e. The van der Waals surface area contributed by atoms with Gasteiger partial charge in [-0.05, 0) is 36.8 Å². The van der Waals surface area contributed by atoms with Gasteiger partial charge in [0.15, 0.2) is 0 Å². The second-order valence-electron chi connectivity index (χ2n) is 6.91. The molecule has 3 unspecified atom stereocenters. The number of hydrogen-bond acceptors (Lipinski definition) is 4. The average molecular weight is 376 g/mol. The summed E-state index contributed by atoms with van der Waals surface area (Å²) in [6.45, 7) is 2.10. The second-order valence-corrected chi connectivity index (χ2v) is 9.30. The standard InChI is InChI=1S/C16H19ClFNO4S/c1-16(2)7-6-9(8-12(16)17)23-15(18)19-14(20)10-4-3-5-11-13(10)24(11,21)22/h3-5,9,12,15H,6-8H2,1-2H3,(H,19,20). The van der Waals surface area contributed by atoms with Gasteiger partial charge in [-0.3, -0.25) is 10.1 Å². The van der Waals surface area contributed by atoms with Crippen molar-refractivity contribution in [2.24, 2.45) is 5.41 Å². The van der Waals surface area contributed by atoms with Gasteiger partial charge in [-0.25, -0.2) is 8.42 Å². The third-order valence-electron chi connectivity index (χ3n) is 4.73. The average Bonchev–Trinajstić information content (AvgIpc) is 3.06. The number of benzene rings is 1. The summed E-state index contributed by atoms with van der Waals surface area (Å²) in [6, 6.07) is 4.21. The van der Waals surface area contributed by atoms with Gasteiger partial charge in [0.2, 0.25) is 9.84 Å². The first kappa shape index (κ1) is 17.6. The van der Waals surface area contributed by atoms with Crippen molar-refractivity contribution in [3.63, 3.8) is 0 Å². The first-order valence-corrected chi connectivity index (χ1v) is 9.67. The first-order chi connectivity index (χ1) is 11.1. The molecule has 1 aliphatic carbocycles. The number of rotatable bonds is 4. The van der Waals surface area contributed by atoms with Crippen molar-refractivity contribution in [1.29, 1.82) is 0 Å². The fourth-order valence-corrected chi connectivity index (χ4v) is 4.82. The summed E-state index contributed by atoms with van der Waals surface area (Å²) in [7, 11) is -3.48. The van der Waals surface area contributed by atoms with E-state index < -0.39 is 22.2 Å². The van der Waals surface area contributed by atoms with Gasteiger partial charge in [0, 0.05) is 5.38 Å². The summed E-state index contributed by atoms with van der Waals surface area (Å²) in [5, 5.41) is 1.93. The third kappa shape index (κ3) is 3.17. The molecule has 3 atom stereocenters. The lowest BCUT2D eigenvalue weighted by Gasteiger charge is -2.38. The zero-order chi connectivity index (χ0) is 17.7. The third-order valence-corrected chi connectivity index (χ3v) is 7.19. The SMILES string of the molecule is CC1(C)CCC(OC(F)NC(=O)c2cccc3c2S3(=O)=O)CC1Cl. The summed E-state index contributed by atoms with van der Waals surface area (Å²) in [6.07, 6.45) is 1.58. The van der Waals surface area contributed by atoms with Crippen molar-refractivity contribution in [2.45, 2.75) is 60.9 Å². The molecule has 0 radical (unpaired) electrons. The zero-order valence-corrected chi connectivity index (χ0v) is 15.0. The maximum Gasteiger partial charge on any atom is 0.279 e. The van der Waals surface area contributed by atoms with E-state index in [0.29, 0.717) is 12.8 Å². The van der Waals surface area contributed by atoms with E-state index in [4.69, 9.17) is 16.3 Å². The van der Waals surface area contributed by atoms with E-state index in [1.165, 1.54) is 18.2 Å². The number of carbonyl (C=O) groups is 1. The van der Waals surface area contributed by atoms with E-state index in [0.717, 1.165) is 6.42 Å². The molecule has 24 heavy (non-hydrogen) atoms. The van der Waals surface area contributed by atoms with Crippen LogP contribution in [0.1, 0.15) is 43.5 Å². The largest absolute Gasteiger partial charge is 0.328 e. The minimum atomic E-state index is -3.48. The van der Waals surface area contributed by atoms with Crippen LogP contribution in [0.15, 0.2) is 28.0 Å². The van der Waals surface area contributed by atoms with Crippen LogP contribution >= 0.6 is 11.6 Å². The molecule has 1 aromatic rings. The van der Waals surface area contributed by atoms with Crippen LogP contribution in [0.3, 0.4) is 0 Å². The molecule has 1 saturated carbocycles. The molecule has 1 aliphatic heterocycles. The molecule has 5 nitrogen and oxygen atoms in total. The highest BCUT2D eigenvalue weighted by atomic mass is 35.5. The summed E-state index contributed by atoms with van der Waals surface area (Å²) in [5.41, 5.74) is -0.0856. The topological polar surface area (TPSA) is 72.5 Å². The lowest BCUT2D eigenvalue weighted by atomic mass is 9.76. The van der Waals surface area contributed by atoms with Gasteiger partial charge in [0.1, 0.15) is 4.90 Å². The van der Waals surface area contributed by atoms with Crippen molar-refractivity contribution in [1.82, 2.24) is 5.32 Å². The number of sulfone groups is 1. The Morgan fingerprint density at radius 1 is 1.46 bits per heavy atom. The molecule has 1 fully saturated rings. The van der Waals surface area contributed by atoms with E-state index in [9.17, 15) is 17.6 Å². The van der Waals surface area contributed by atoms with Crippen LogP contribution in [0.5, 0.6) is 0 Å². The highest BCUT2D eigenvalue weighted by molar-refractivity contribution is 7.97. The Labute approximate surface area is 145 Å². The van der Waals surface area contributed by atoms with Crippen LogP contribution in [0.4, 0.5) is 4.39 Å². The Hall–Kier alpha value is -1.18. The maximum absolute atomic E-state index is 14.0. The van der Waals surface area contributed by atoms with Crippen LogP contribution in [0.25, 0.3) is 0 Å². The minimum absolute atomic E-state index is 0.0288. The molecular weight excluding hydrogens is 357 g/mol. The number of carbonyl (C=O) groups excluding carboxylic acids is 1. The van der Waals surface area contributed by atoms with Crippen LogP contribution in [0.2, 0.25) is 0 Å². The number of fused-ring (bicyclic) bond motifs is 1. The fourth-order valence-electron chi connectivity index (χ4n) is 3.00. The molecule has 0 aromatic heterocycles. The summed E-state index contributed by atoms with van der Waals surface area (Å²) >= 11 is 6.29. The molecule has 0 saturated heterocycles. The van der Waals surface area contributed by atoms with Gasteiger partial charge in [-0.2, -0.15) is 4.39 Å². The van der Waals surface area contributed by atoms with Crippen LogP contribution in [-0.2, 0) is 14.6 Å². The van der Waals surface area contributed by atoms with Crippen LogP contribution in [-0.4, -0.2) is 32.3 Å². The molecule has 1 N–H and O–H groups in total. The monoisotopic (exact) mass is 375 g/mol. The van der Waals surface area contributed by atoms with Gasteiger partial charge in [0.25, 0.3) is 12.4 Å². The summed E-state index contributed by atoms with van der Waals surface area (Å²) in [5.74, 6) is -0.806. The molecule has 1 amide bonds. The van der Waals surface area contributed by atoms with E-state index in [2.05, 4.69) is 19.2 Å². The Morgan fingerprint density at radius 2 is 2.17 bits per heavy atom. The first-order valence-electron chi connectivity index (χ1n) is 7.75. The molecule has 0 spiro atoms. The zero-order valence-electron chi connectivity index (χ0n) is 13.4. The van der Waals surface area contributed by atoms with Gasteiger partial charge < -0.3 is 4.74 Å². The Bertz CT molecular complexity index is 780. The smallest absolute Gasteiger partial charge is 0.279 e. The Kier molecular flexibility index (Phi) is 4.38. The second kappa shape index (κ2) is 5.97. The fraction of sp³-hybridized carbons (Fsp3) is 0.562. The number of amides is 1. The number of hydrogen-bond donors (Lipinski definition) is 1. The van der Waals surface area contributed by atoms with Crippen molar-refractivity contribution in [3.8, 4) is 0 Å². The maximum atomic E-state index is 14.0. The highest BCUT2D eigenvalue weighted by Gasteiger charge is 2.43. The van der Waals surface area contributed by atoms with Crippen molar-refractivity contribution in [3.05, 3.63) is 23.8 Å². The summed E-state index contributed by atoms with van der Waals surface area (Å²) in [4.78, 5) is 12.2. The lowest BCUT2D eigenvalue weighted by molar-refractivity contribution is -0.115. The van der Waals surface area contributed by atoms with E-state index in [1.54, 1.807) is 0 Å². The Morgan fingerprint density at radius 3 is 2.83 bits per heavy atom. The van der Waals surface area contributed by atoms with Gasteiger partial charge in [0.05, 0.1) is 16.6 Å². The lowest BCUT2D eigenvalue weighted by Crippen LogP contribution is -2.41. The van der Waals surface area contributed by atoms with Gasteiger partial charge in [-0.1, -0.05) is 19.9 Å². The van der Waals surface area contributed by atoms with Crippen molar-refractivity contribution in [2.75, 3.05) is 0 Å². The molecular formula is C16H19ClFNO4S. The van der Waals surface area contributed by atoms with Crippen LogP contribution < -0.4 is 5.32 Å². The van der Waals surface area contributed by atoms with E-state index in [1.807, 2.05) is 0 Å². The molecule has 2 aliphatic rings. The van der Waals surface area contributed by atoms with Crippen molar-refractivity contribution >= 4 is 27.3 Å². The molecule has 8 heteroatoms. The number of nitrogens with one attached hydrogen (secondary N) is 1. The predicted octanol–water partition coefficient (Wildman–Crippen LogP) is 3.02. The van der Waals surface area contributed by atoms with Gasteiger partial charge >= 0.3 is 0 Å². The molecule has 0 bridgehead atoms. The van der Waals surface area contributed by atoms with E-state index in [-0.39, 0.29) is 32.3 Å². The van der Waals surface area contributed by atoms with E-state index >= 15 is 0 Å². The molecule has 132 valence electrons. The number of halogens is 2. The van der Waals surface area contributed by atoms with Gasteiger partial charge in [-0.15, -0.1) is 11.6 Å². The van der Waals surface area contributed by atoms with Crippen LogP contribution in [0, 0.1) is 5.41 Å².